The number of alkyl halides is 2. The monoisotopic (exact) mass is 520 g/mol. The van der Waals surface area contributed by atoms with Crippen molar-refractivity contribution in [2.45, 2.75) is 81.2 Å². The van der Waals surface area contributed by atoms with E-state index in [2.05, 4.69) is 0 Å². The molecule has 7 aliphatic rings. The Morgan fingerprint density at radius 3 is 2.29 bits per heavy atom. The van der Waals surface area contributed by atoms with E-state index in [1.165, 1.54) is 6.42 Å². The highest BCUT2D eigenvalue weighted by molar-refractivity contribution is 7.86. The van der Waals surface area contributed by atoms with Gasteiger partial charge in [0, 0.05) is 11.8 Å². The third kappa shape index (κ3) is 3.21. The summed E-state index contributed by atoms with van der Waals surface area (Å²) in [4.78, 5) is 26.3. The Labute approximate surface area is 201 Å². The summed E-state index contributed by atoms with van der Waals surface area (Å²) in [6.07, 6.45) is 0.732. The van der Waals surface area contributed by atoms with Crippen LogP contribution in [0.3, 0.4) is 0 Å². The Hall–Kier alpha value is -1.37. The molecule has 9 nitrogen and oxygen atoms in total. The molecule has 0 amide bonds. The van der Waals surface area contributed by atoms with Crippen molar-refractivity contribution < 1.29 is 50.7 Å². The maximum Gasteiger partial charge on any atom is 0.418 e. The minimum Gasteiger partial charge on any atom is -0.459 e. The van der Waals surface area contributed by atoms with Gasteiger partial charge in [0.15, 0.2) is 0 Å². The second-order valence-electron chi connectivity index (χ2n) is 11.5. The van der Waals surface area contributed by atoms with Gasteiger partial charge >= 0.3 is 27.3 Å². The molecule has 0 aromatic rings. The number of esters is 2. The number of fused-ring (bicyclic) bond motifs is 1. The Balaban J connectivity index is 1.25. The van der Waals surface area contributed by atoms with E-state index in [1.807, 2.05) is 6.92 Å². The second-order valence-corrected chi connectivity index (χ2v) is 13.0. The Morgan fingerprint density at radius 2 is 1.74 bits per heavy atom. The molecule has 6 saturated carbocycles. The molecule has 1 aliphatic heterocycles. The van der Waals surface area contributed by atoms with Crippen LogP contribution in [0.4, 0.5) is 8.78 Å². The van der Waals surface area contributed by atoms with E-state index < -0.39 is 75.1 Å². The van der Waals surface area contributed by atoms with Crippen molar-refractivity contribution in [3.05, 3.63) is 0 Å². The van der Waals surface area contributed by atoms with Gasteiger partial charge in [-0.3, -0.25) is 14.1 Å². The summed E-state index contributed by atoms with van der Waals surface area (Å²) in [7, 11) is -5.96. The van der Waals surface area contributed by atoms with Crippen molar-refractivity contribution in [1.82, 2.24) is 0 Å². The van der Waals surface area contributed by atoms with E-state index in [0.717, 1.165) is 25.7 Å². The van der Waals surface area contributed by atoms with Gasteiger partial charge in [0.25, 0.3) is 0 Å². The number of carbonyl (C=O) groups excluding carboxylic acids is 2. The predicted octanol–water partition coefficient (Wildman–Crippen LogP) is 2.13. The van der Waals surface area contributed by atoms with Gasteiger partial charge in [-0.15, -0.1) is 0 Å². The van der Waals surface area contributed by atoms with Crippen LogP contribution in [0.2, 0.25) is 0 Å². The fraction of sp³-hybridized carbons (Fsp3) is 0.913. The molecule has 6 aliphatic carbocycles. The molecule has 35 heavy (non-hydrogen) atoms. The van der Waals surface area contributed by atoms with Gasteiger partial charge in [0.05, 0.1) is 11.8 Å². The van der Waals surface area contributed by atoms with Crippen LogP contribution in [0.25, 0.3) is 0 Å². The number of ether oxygens (including phenoxy) is 3. The largest absolute Gasteiger partial charge is 0.459 e. The summed E-state index contributed by atoms with van der Waals surface area (Å²) < 4.78 is 75.4. The zero-order valence-corrected chi connectivity index (χ0v) is 20.0. The van der Waals surface area contributed by atoms with Crippen LogP contribution in [-0.4, -0.2) is 59.4 Å². The van der Waals surface area contributed by atoms with Gasteiger partial charge in [-0.25, -0.2) is 0 Å². The first-order valence-electron chi connectivity index (χ1n) is 12.5. The van der Waals surface area contributed by atoms with Crippen molar-refractivity contribution in [2.24, 2.45) is 47.3 Å². The molecule has 0 aromatic carbocycles. The first-order chi connectivity index (χ1) is 16.4. The Morgan fingerprint density at radius 1 is 1.14 bits per heavy atom. The number of aliphatic hydroxyl groups is 1. The highest BCUT2D eigenvalue weighted by Crippen LogP contribution is 2.63. The number of halogens is 2. The quantitative estimate of drug-likeness (QED) is 0.294. The van der Waals surface area contributed by atoms with Gasteiger partial charge < -0.3 is 19.3 Å². The Kier molecular flexibility index (Phi) is 5.20. The van der Waals surface area contributed by atoms with E-state index in [1.54, 1.807) is 0 Å². The molecule has 7 unspecified atom stereocenters. The maximum atomic E-state index is 14.0. The van der Waals surface area contributed by atoms with Crippen LogP contribution in [-0.2, 0) is 33.9 Å². The number of carbonyl (C=O) groups is 2. The topological polar surface area (TPSA) is 136 Å². The highest BCUT2D eigenvalue weighted by Gasteiger charge is 2.71. The molecule has 0 aromatic heterocycles. The zero-order valence-electron chi connectivity index (χ0n) is 19.2. The summed E-state index contributed by atoms with van der Waals surface area (Å²) in [6.45, 7) is 2.01. The average molecular weight is 521 g/mol. The molecule has 6 bridgehead atoms. The number of hydrogen-bond acceptors (Lipinski definition) is 8. The van der Waals surface area contributed by atoms with Crippen LogP contribution in [0.15, 0.2) is 0 Å². The minimum absolute atomic E-state index is 0.261. The molecule has 7 fully saturated rings. The molecule has 0 radical (unpaired) electrons. The first-order valence-corrected chi connectivity index (χ1v) is 13.9. The van der Waals surface area contributed by atoms with Crippen molar-refractivity contribution in [3.8, 4) is 0 Å². The fourth-order valence-electron chi connectivity index (χ4n) is 8.90. The van der Waals surface area contributed by atoms with E-state index in [4.69, 9.17) is 18.8 Å². The van der Waals surface area contributed by atoms with E-state index in [9.17, 15) is 31.9 Å². The number of hydrogen-bond donors (Lipinski definition) is 2. The third-order valence-electron chi connectivity index (χ3n) is 10.1. The molecular weight excluding hydrogens is 490 g/mol. The minimum atomic E-state index is -5.96. The highest BCUT2D eigenvalue weighted by atomic mass is 32.2. The second kappa shape index (κ2) is 7.58. The normalized spacial score (nSPS) is 48.3. The Bertz CT molecular complexity index is 1020. The van der Waals surface area contributed by atoms with Crippen molar-refractivity contribution in [3.63, 3.8) is 0 Å². The van der Waals surface area contributed by atoms with Crippen LogP contribution < -0.4 is 0 Å². The molecule has 1 heterocycles. The van der Waals surface area contributed by atoms with Crippen LogP contribution >= 0.6 is 0 Å². The lowest BCUT2D eigenvalue weighted by atomic mass is 9.49. The lowest BCUT2D eigenvalue weighted by Gasteiger charge is -2.60. The summed E-state index contributed by atoms with van der Waals surface area (Å²) >= 11 is 0. The summed E-state index contributed by atoms with van der Waals surface area (Å²) in [5.41, 5.74) is -0.609. The van der Waals surface area contributed by atoms with E-state index >= 15 is 0 Å². The van der Waals surface area contributed by atoms with E-state index in [0.29, 0.717) is 18.3 Å². The maximum absolute atomic E-state index is 14.0. The molecule has 12 heteroatoms. The molecule has 0 spiro atoms. The smallest absolute Gasteiger partial charge is 0.418 e. The molecule has 7 atom stereocenters. The zero-order chi connectivity index (χ0) is 25.1. The van der Waals surface area contributed by atoms with Crippen LogP contribution in [0, 0.1) is 47.3 Å². The molecule has 196 valence electrons. The SMILES string of the molecule is CCC1(OC(=O)C2C3CC4C(OC(=O)C42)C3OC(O)C(F)(F)S(=O)(=O)O)C2CC3CC(C2)CC1C3. The number of aliphatic hydroxyl groups excluding tert-OH is 1. The molecule has 2 N–H and O–H groups in total. The third-order valence-corrected chi connectivity index (χ3v) is 11.0. The van der Waals surface area contributed by atoms with Gasteiger partial charge in [-0.2, -0.15) is 17.2 Å². The first kappa shape index (κ1) is 24.0. The van der Waals surface area contributed by atoms with Gasteiger partial charge in [0.2, 0.25) is 6.29 Å². The average Bonchev–Trinajstić information content (AvgIpc) is 3.38. The van der Waals surface area contributed by atoms with Gasteiger partial charge in [-0.1, -0.05) is 6.92 Å². The standard InChI is InChI=1S/C23H30F2O9S/c1-2-22(11-4-9-3-10(6-11)7-12(22)5-9)34-20(27)16-14-8-13-15(16)19(26)32-17(13)18(14)33-21(28)23(24,25)35(29,30)31/h9-18,21,28H,2-8H2,1H3,(H,29,30,31). The molecular formula is C23H30F2O9S. The summed E-state index contributed by atoms with van der Waals surface area (Å²) in [6, 6.07) is 0. The summed E-state index contributed by atoms with van der Waals surface area (Å²) in [5.74, 6) is -2.36. The molecule has 1 saturated heterocycles. The summed E-state index contributed by atoms with van der Waals surface area (Å²) in [5, 5.41) is 4.84. The van der Waals surface area contributed by atoms with Crippen LogP contribution in [0.5, 0.6) is 0 Å². The van der Waals surface area contributed by atoms with Gasteiger partial charge in [-0.05, 0) is 68.6 Å². The van der Waals surface area contributed by atoms with Crippen LogP contribution in [0.1, 0.15) is 51.9 Å². The van der Waals surface area contributed by atoms with Gasteiger partial charge in [0.1, 0.15) is 17.8 Å². The lowest BCUT2D eigenvalue weighted by Crippen LogP contribution is -2.60. The fourth-order valence-corrected chi connectivity index (χ4v) is 9.21. The van der Waals surface area contributed by atoms with E-state index in [-0.39, 0.29) is 18.3 Å². The molecule has 7 rings (SSSR count). The number of rotatable bonds is 7. The van der Waals surface area contributed by atoms with Crippen molar-refractivity contribution in [2.75, 3.05) is 0 Å². The van der Waals surface area contributed by atoms with Crippen molar-refractivity contribution >= 4 is 22.1 Å². The lowest BCUT2D eigenvalue weighted by molar-refractivity contribution is -0.245. The van der Waals surface area contributed by atoms with Crippen molar-refractivity contribution in [1.29, 1.82) is 0 Å². The predicted molar refractivity (Wildman–Crippen MR) is 112 cm³/mol.